The van der Waals surface area contributed by atoms with E-state index in [0.29, 0.717) is 0 Å². The minimum atomic E-state index is -0.345. The molecule has 0 radical (unpaired) electrons. The van der Waals surface area contributed by atoms with E-state index in [2.05, 4.69) is 0 Å². The number of hydroxylamine groups is 2. The van der Waals surface area contributed by atoms with Crippen LogP contribution in [0.1, 0.15) is 40.0 Å². The normalized spacial score (nSPS) is 19.0. The van der Waals surface area contributed by atoms with Gasteiger partial charge in [0.2, 0.25) is 0 Å². The van der Waals surface area contributed by atoms with E-state index in [4.69, 9.17) is 4.84 Å². The second kappa shape index (κ2) is 4.09. The van der Waals surface area contributed by atoms with Gasteiger partial charge in [0, 0.05) is 13.1 Å². The zero-order valence-corrected chi connectivity index (χ0v) is 8.80. The highest BCUT2D eigenvalue weighted by atomic mass is 16.7. The average molecular weight is 185 g/mol. The summed E-state index contributed by atoms with van der Waals surface area (Å²) in [7, 11) is 0. The van der Waals surface area contributed by atoms with Gasteiger partial charge in [-0.05, 0) is 33.1 Å². The molecule has 0 bridgehead atoms. The Morgan fingerprint density at radius 1 is 1.38 bits per heavy atom. The Labute approximate surface area is 80.0 Å². The minimum Gasteiger partial charge on any atom is -0.367 e. The van der Waals surface area contributed by atoms with E-state index < -0.39 is 0 Å². The summed E-state index contributed by atoms with van der Waals surface area (Å²) in [6.07, 6.45) is 3.10. The van der Waals surface area contributed by atoms with Crippen LogP contribution >= 0.6 is 0 Å². The van der Waals surface area contributed by atoms with Crippen LogP contribution in [0.3, 0.4) is 0 Å². The van der Waals surface area contributed by atoms with E-state index in [-0.39, 0.29) is 11.4 Å². The van der Waals surface area contributed by atoms with Gasteiger partial charge in [-0.3, -0.25) is 0 Å². The highest BCUT2D eigenvalue weighted by molar-refractivity contribution is 5.75. The summed E-state index contributed by atoms with van der Waals surface area (Å²) in [5, 5.41) is 1.78. The first kappa shape index (κ1) is 10.5. The molecule has 0 amide bonds. The summed E-state index contributed by atoms with van der Waals surface area (Å²) in [5.41, 5.74) is -0.345. The van der Waals surface area contributed by atoms with Gasteiger partial charge in [-0.2, -0.15) is 0 Å². The Hall–Kier alpha value is -0.570. The van der Waals surface area contributed by atoms with Crippen LogP contribution in [0.5, 0.6) is 0 Å². The fourth-order valence-corrected chi connectivity index (χ4v) is 1.16. The van der Waals surface area contributed by atoms with Crippen LogP contribution in [0.4, 0.5) is 0 Å². The van der Waals surface area contributed by atoms with Gasteiger partial charge in [0.05, 0.1) is 5.41 Å². The van der Waals surface area contributed by atoms with Crippen LogP contribution in [-0.2, 0) is 9.63 Å². The van der Waals surface area contributed by atoms with Crippen molar-refractivity contribution < 1.29 is 9.63 Å². The van der Waals surface area contributed by atoms with Crippen molar-refractivity contribution in [1.82, 2.24) is 5.06 Å². The SMILES string of the molecule is CCC(C)(C)C(=O)ON1CCCC1. The molecular formula is C10H19NO2. The van der Waals surface area contributed by atoms with Crippen LogP contribution < -0.4 is 0 Å². The van der Waals surface area contributed by atoms with Gasteiger partial charge >= 0.3 is 5.97 Å². The molecule has 1 fully saturated rings. The molecule has 1 aliphatic rings. The zero-order valence-electron chi connectivity index (χ0n) is 8.80. The Morgan fingerprint density at radius 3 is 2.38 bits per heavy atom. The van der Waals surface area contributed by atoms with E-state index >= 15 is 0 Å². The molecule has 0 aromatic carbocycles. The van der Waals surface area contributed by atoms with Gasteiger partial charge in [0.15, 0.2) is 0 Å². The lowest BCUT2D eigenvalue weighted by molar-refractivity contribution is -0.196. The molecule has 0 saturated carbocycles. The number of hydrogen-bond donors (Lipinski definition) is 0. The highest BCUT2D eigenvalue weighted by Crippen LogP contribution is 2.23. The highest BCUT2D eigenvalue weighted by Gasteiger charge is 2.29. The van der Waals surface area contributed by atoms with Crippen LogP contribution in [0.2, 0.25) is 0 Å². The van der Waals surface area contributed by atoms with Gasteiger partial charge in [0.1, 0.15) is 0 Å². The second-order valence-electron chi connectivity index (χ2n) is 4.25. The first-order chi connectivity index (χ1) is 6.06. The Bertz CT molecular complexity index is 183. The van der Waals surface area contributed by atoms with Crippen molar-refractivity contribution in [2.75, 3.05) is 13.1 Å². The molecule has 0 aromatic heterocycles. The quantitative estimate of drug-likeness (QED) is 0.673. The fourth-order valence-electron chi connectivity index (χ4n) is 1.16. The van der Waals surface area contributed by atoms with Crippen LogP contribution in [-0.4, -0.2) is 24.1 Å². The molecule has 3 nitrogen and oxygen atoms in total. The smallest absolute Gasteiger partial charge is 0.330 e. The van der Waals surface area contributed by atoms with Crippen molar-refractivity contribution in [2.45, 2.75) is 40.0 Å². The molecule has 0 aliphatic carbocycles. The number of carbonyl (C=O) groups excluding carboxylic acids is 1. The lowest BCUT2D eigenvalue weighted by atomic mass is 9.91. The van der Waals surface area contributed by atoms with E-state index in [1.54, 1.807) is 5.06 Å². The van der Waals surface area contributed by atoms with Crippen molar-refractivity contribution in [3.8, 4) is 0 Å². The minimum absolute atomic E-state index is 0.100. The fraction of sp³-hybridized carbons (Fsp3) is 0.900. The third-order valence-corrected chi connectivity index (χ3v) is 2.71. The van der Waals surface area contributed by atoms with Crippen LogP contribution in [0.15, 0.2) is 0 Å². The summed E-state index contributed by atoms with van der Waals surface area (Å²) in [4.78, 5) is 16.8. The van der Waals surface area contributed by atoms with Crippen molar-refractivity contribution in [2.24, 2.45) is 5.41 Å². The molecule has 0 atom stereocenters. The van der Waals surface area contributed by atoms with Crippen molar-refractivity contribution in [3.05, 3.63) is 0 Å². The van der Waals surface area contributed by atoms with Crippen LogP contribution in [0, 0.1) is 5.41 Å². The molecule has 0 N–H and O–H groups in total. The monoisotopic (exact) mass is 185 g/mol. The van der Waals surface area contributed by atoms with E-state index in [0.717, 1.165) is 32.4 Å². The number of rotatable bonds is 3. The molecular weight excluding hydrogens is 166 g/mol. The van der Waals surface area contributed by atoms with Gasteiger partial charge in [0.25, 0.3) is 0 Å². The molecule has 0 spiro atoms. The Morgan fingerprint density at radius 2 is 1.92 bits per heavy atom. The third kappa shape index (κ3) is 2.69. The van der Waals surface area contributed by atoms with Gasteiger partial charge < -0.3 is 4.84 Å². The molecule has 1 heterocycles. The van der Waals surface area contributed by atoms with Crippen LogP contribution in [0.25, 0.3) is 0 Å². The van der Waals surface area contributed by atoms with E-state index in [1.807, 2.05) is 20.8 Å². The molecule has 13 heavy (non-hydrogen) atoms. The number of hydrogen-bond acceptors (Lipinski definition) is 3. The van der Waals surface area contributed by atoms with E-state index in [9.17, 15) is 4.79 Å². The van der Waals surface area contributed by atoms with Crippen molar-refractivity contribution in [3.63, 3.8) is 0 Å². The maximum absolute atomic E-state index is 11.6. The molecule has 76 valence electrons. The molecule has 1 rings (SSSR count). The molecule has 0 aromatic rings. The maximum Gasteiger partial charge on any atom is 0.330 e. The Balaban J connectivity index is 2.39. The summed E-state index contributed by atoms with van der Waals surface area (Å²) in [5.74, 6) is -0.100. The Kier molecular flexibility index (Phi) is 3.31. The maximum atomic E-state index is 11.6. The third-order valence-electron chi connectivity index (χ3n) is 2.71. The summed E-state index contributed by atoms with van der Waals surface area (Å²) < 4.78 is 0. The van der Waals surface area contributed by atoms with Gasteiger partial charge in [-0.1, -0.05) is 6.92 Å². The summed E-state index contributed by atoms with van der Waals surface area (Å²) >= 11 is 0. The lowest BCUT2D eigenvalue weighted by Crippen LogP contribution is -2.33. The molecule has 3 heteroatoms. The number of carbonyl (C=O) groups is 1. The largest absolute Gasteiger partial charge is 0.367 e. The van der Waals surface area contributed by atoms with E-state index in [1.165, 1.54) is 0 Å². The predicted molar refractivity (Wildman–Crippen MR) is 51.0 cm³/mol. The molecule has 1 saturated heterocycles. The first-order valence-electron chi connectivity index (χ1n) is 5.03. The first-order valence-corrected chi connectivity index (χ1v) is 5.03. The number of nitrogens with zero attached hydrogens (tertiary/aromatic N) is 1. The standard InChI is InChI=1S/C10H19NO2/c1-4-10(2,3)9(12)13-11-7-5-6-8-11/h4-8H2,1-3H3. The second-order valence-corrected chi connectivity index (χ2v) is 4.25. The predicted octanol–water partition coefficient (Wildman–Crippen LogP) is 1.98. The average Bonchev–Trinajstić information content (AvgIpc) is 2.57. The summed E-state index contributed by atoms with van der Waals surface area (Å²) in [6.45, 7) is 7.64. The van der Waals surface area contributed by atoms with Crippen molar-refractivity contribution in [1.29, 1.82) is 0 Å². The van der Waals surface area contributed by atoms with Crippen molar-refractivity contribution >= 4 is 5.97 Å². The summed E-state index contributed by atoms with van der Waals surface area (Å²) in [6, 6.07) is 0. The topological polar surface area (TPSA) is 29.5 Å². The lowest BCUT2D eigenvalue weighted by Gasteiger charge is -2.23. The molecule has 0 unspecified atom stereocenters. The zero-order chi connectivity index (χ0) is 9.90. The molecule has 1 aliphatic heterocycles. The van der Waals surface area contributed by atoms with Gasteiger partial charge in [-0.25, -0.2) is 4.79 Å². The van der Waals surface area contributed by atoms with Gasteiger partial charge in [-0.15, -0.1) is 5.06 Å².